The molecular formula is C10H19BN4O. The first-order valence-corrected chi connectivity index (χ1v) is 5.89. The Balaban J connectivity index is 1.85. The summed E-state index contributed by atoms with van der Waals surface area (Å²) in [6.45, 7) is 1.76. The minimum Gasteiger partial charge on any atom is -0.437 e. The van der Waals surface area contributed by atoms with Gasteiger partial charge in [0.25, 0.3) is 0 Å². The highest BCUT2D eigenvalue weighted by atomic mass is 16.2. The molecule has 1 aliphatic rings. The second-order valence-electron chi connectivity index (χ2n) is 4.60. The molecule has 5 nitrogen and oxygen atoms in total. The van der Waals surface area contributed by atoms with E-state index >= 15 is 0 Å². The minimum absolute atomic E-state index is 0.415. The van der Waals surface area contributed by atoms with Crippen LogP contribution in [0.2, 0.25) is 6.82 Å². The third kappa shape index (κ3) is 2.77. The van der Waals surface area contributed by atoms with E-state index in [0.29, 0.717) is 12.1 Å². The average Bonchev–Trinajstić information content (AvgIpc) is 2.65. The van der Waals surface area contributed by atoms with E-state index in [1.807, 2.05) is 10.9 Å². The van der Waals surface area contributed by atoms with Crippen LogP contribution in [0.4, 0.5) is 5.69 Å². The fourth-order valence-electron chi connectivity index (χ4n) is 2.40. The molecule has 0 amide bonds. The summed E-state index contributed by atoms with van der Waals surface area (Å²) in [5, 5.41) is 16.7. The summed E-state index contributed by atoms with van der Waals surface area (Å²) >= 11 is 0. The van der Waals surface area contributed by atoms with Gasteiger partial charge in [-0.05, 0) is 38.5 Å². The average molecular weight is 222 g/mol. The van der Waals surface area contributed by atoms with Crippen LogP contribution in [-0.4, -0.2) is 27.9 Å². The van der Waals surface area contributed by atoms with Crippen LogP contribution in [0, 0.1) is 0 Å². The number of nitrogens with two attached hydrogens (primary N) is 1. The standard InChI is InChI=1S/C10H19BN4O/c1-11(16)14-9-2-4-10(5-3-9)15-7-8(12)6-13-15/h6-7,9-10,14,16H,2-5,12H2,1H3. The van der Waals surface area contributed by atoms with Crippen molar-refractivity contribution in [3.8, 4) is 0 Å². The molecule has 16 heavy (non-hydrogen) atoms. The van der Waals surface area contributed by atoms with Crippen LogP contribution in [0.3, 0.4) is 0 Å². The van der Waals surface area contributed by atoms with Crippen LogP contribution in [-0.2, 0) is 0 Å². The number of rotatable bonds is 3. The van der Waals surface area contributed by atoms with E-state index in [1.54, 1.807) is 13.0 Å². The lowest BCUT2D eigenvalue weighted by atomic mass is 9.82. The van der Waals surface area contributed by atoms with Gasteiger partial charge >= 0.3 is 7.05 Å². The fourth-order valence-corrected chi connectivity index (χ4v) is 2.40. The normalized spacial score (nSPS) is 25.6. The fraction of sp³-hybridized carbons (Fsp3) is 0.700. The Bertz CT molecular complexity index is 333. The Morgan fingerprint density at radius 2 is 2.19 bits per heavy atom. The van der Waals surface area contributed by atoms with E-state index in [-0.39, 0.29) is 0 Å². The van der Waals surface area contributed by atoms with Crippen molar-refractivity contribution in [3.05, 3.63) is 12.4 Å². The van der Waals surface area contributed by atoms with Crippen molar-refractivity contribution in [2.45, 2.75) is 44.6 Å². The van der Waals surface area contributed by atoms with E-state index in [2.05, 4.69) is 10.3 Å². The van der Waals surface area contributed by atoms with Crippen molar-refractivity contribution >= 4 is 12.7 Å². The van der Waals surface area contributed by atoms with Gasteiger partial charge in [0, 0.05) is 6.20 Å². The molecule has 4 N–H and O–H groups in total. The molecule has 0 aromatic carbocycles. The molecule has 0 saturated heterocycles. The number of nitrogens with one attached hydrogen (secondary N) is 1. The quantitative estimate of drug-likeness (QED) is 0.656. The van der Waals surface area contributed by atoms with Crippen LogP contribution in [0.15, 0.2) is 12.4 Å². The van der Waals surface area contributed by atoms with Gasteiger partial charge in [0.15, 0.2) is 0 Å². The molecule has 1 aliphatic carbocycles. The molecule has 0 atom stereocenters. The summed E-state index contributed by atoms with van der Waals surface area (Å²) in [5.74, 6) is 0. The van der Waals surface area contributed by atoms with Gasteiger partial charge in [-0.2, -0.15) is 5.10 Å². The molecule has 1 aromatic rings. The molecule has 0 radical (unpaired) electrons. The first kappa shape index (κ1) is 11.5. The maximum atomic E-state index is 9.25. The first-order chi connectivity index (χ1) is 7.65. The van der Waals surface area contributed by atoms with Gasteiger partial charge in [-0.3, -0.25) is 4.68 Å². The van der Waals surface area contributed by atoms with E-state index < -0.39 is 7.05 Å². The largest absolute Gasteiger partial charge is 0.437 e. The molecule has 0 aliphatic heterocycles. The highest BCUT2D eigenvalue weighted by Gasteiger charge is 2.23. The van der Waals surface area contributed by atoms with Gasteiger partial charge in [0.1, 0.15) is 0 Å². The predicted octanol–water partition coefficient (Wildman–Crippen LogP) is 0.649. The molecular weight excluding hydrogens is 203 g/mol. The third-order valence-corrected chi connectivity index (χ3v) is 3.17. The van der Waals surface area contributed by atoms with Crippen molar-refractivity contribution < 1.29 is 5.02 Å². The van der Waals surface area contributed by atoms with E-state index in [1.165, 1.54) is 0 Å². The Hall–Kier alpha value is -1.01. The van der Waals surface area contributed by atoms with E-state index in [9.17, 15) is 5.02 Å². The maximum Gasteiger partial charge on any atom is 0.373 e. The van der Waals surface area contributed by atoms with Crippen molar-refractivity contribution in [2.24, 2.45) is 0 Å². The zero-order valence-corrected chi connectivity index (χ0v) is 9.63. The summed E-state index contributed by atoms with van der Waals surface area (Å²) in [4.78, 5) is 0. The lowest BCUT2D eigenvalue weighted by Crippen LogP contribution is -2.42. The number of aromatic nitrogens is 2. The van der Waals surface area contributed by atoms with Crippen LogP contribution in [0.5, 0.6) is 0 Å². The second kappa shape index (κ2) is 4.89. The molecule has 1 saturated carbocycles. The van der Waals surface area contributed by atoms with Gasteiger partial charge < -0.3 is 16.0 Å². The smallest absolute Gasteiger partial charge is 0.373 e. The molecule has 0 spiro atoms. The maximum absolute atomic E-state index is 9.25. The van der Waals surface area contributed by atoms with E-state index in [0.717, 1.165) is 31.4 Å². The van der Waals surface area contributed by atoms with Gasteiger partial charge in [-0.15, -0.1) is 0 Å². The van der Waals surface area contributed by atoms with Crippen LogP contribution < -0.4 is 11.0 Å². The SMILES string of the molecule is CB(O)NC1CCC(n2cc(N)cn2)CC1. The number of hydrogen-bond acceptors (Lipinski definition) is 4. The molecule has 6 heteroatoms. The number of nitrogen functional groups attached to an aromatic ring is 1. The summed E-state index contributed by atoms with van der Waals surface area (Å²) < 4.78 is 1.97. The minimum atomic E-state index is -0.415. The summed E-state index contributed by atoms with van der Waals surface area (Å²) in [7, 11) is -0.415. The number of anilines is 1. The van der Waals surface area contributed by atoms with Crippen LogP contribution >= 0.6 is 0 Å². The molecule has 0 bridgehead atoms. The Labute approximate surface area is 96.2 Å². The highest BCUT2D eigenvalue weighted by molar-refractivity contribution is 6.45. The lowest BCUT2D eigenvalue weighted by molar-refractivity contribution is 0.289. The first-order valence-electron chi connectivity index (χ1n) is 5.89. The zero-order chi connectivity index (χ0) is 11.5. The monoisotopic (exact) mass is 222 g/mol. The van der Waals surface area contributed by atoms with Gasteiger partial charge in [0.05, 0.1) is 17.9 Å². The number of nitrogens with zero attached hydrogens (tertiary/aromatic N) is 2. The lowest BCUT2D eigenvalue weighted by Gasteiger charge is -2.29. The summed E-state index contributed by atoms with van der Waals surface area (Å²) in [6.07, 6.45) is 7.93. The van der Waals surface area contributed by atoms with Crippen LogP contribution in [0.1, 0.15) is 31.7 Å². The number of hydrogen-bond donors (Lipinski definition) is 3. The summed E-state index contributed by atoms with van der Waals surface area (Å²) in [6, 6.07) is 0.897. The third-order valence-electron chi connectivity index (χ3n) is 3.17. The second-order valence-corrected chi connectivity index (χ2v) is 4.60. The van der Waals surface area contributed by atoms with Crippen molar-refractivity contribution in [1.82, 2.24) is 15.0 Å². The van der Waals surface area contributed by atoms with Crippen LogP contribution in [0.25, 0.3) is 0 Å². The zero-order valence-electron chi connectivity index (χ0n) is 9.63. The van der Waals surface area contributed by atoms with E-state index in [4.69, 9.17) is 5.73 Å². The molecule has 88 valence electrons. The van der Waals surface area contributed by atoms with Gasteiger partial charge in [0.2, 0.25) is 0 Å². The molecule has 1 heterocycles. The molecule has 1 fully saturated rings. The van der Waals surface area contributed by atoms with Gasteiger partial charge in [-0.25, -0.2) is 0 Å². The molecule has 1 aromatic heterocycles. The predicted molar refractivity (Wildman–Crippen MR) is 64.9 cm³/mol. The highest BCUT2D eigenvalue weighted by Crippen LogP contribution is 2.28. The Morgan fingerprint density at radius 3 is 2.69 bits per heavy atom. The van der Waals surface area contributed by atoms with Gasteiger partial charge in [-0.1, -0.05) is 0 Å². The topological polar surface area (TPSA) is 76.1 Å². The van der Waals surface area contributed by atoms with Crippen molar-refractivity contribution in [1.29, 1.82) is 0 Å². The van der Waals surface area contributed by atoms with Crippen molar-refractivity contribution in [2.75, 3.05) is 5.73 Å². The van der Waals surface area contributed by atoms with Crippen molar-refractivity contribution in [3.63, 3.8) is 0 Å². The molecule has 0 unspecified atom stereocenters. The molecule has 2 rings (SSSR count). The Morgan fingerprint density at radius 1 is 1.50 bits per heavy atom. The Kier molecular flexibility index (Phi) is 3.50. The summed E-state index contributed by atoms with van der Waals surface area (Å²) in [5.41, 5.74) is 6.38.